The van der Waals surface area contributed by atoms with Crippen LogP contribution in [0.15, 0.2) is 36.4 Å². The molecule has 0 saturated heterocycles. The average molecular weight is 300 g/mol. The van der Waals surface area contributed by atoms with Gasteiger partial charge in [-0.2, -0.15) is 0 Å². The maximum Gasteiger partial charge on any atom is 0.161 e. The lowest BCUT2D eigenvalue weighted by Crippen LogP contribution is -2.06. The molecule has 0 saturated carbocycles. The highest BCUT2D eigenvalue weighted by molar-refractivity contribution is 5.42. The molecule has 22 heavy (non-hydrogen) atoms. The van der Waals surface area contributed by atoms with Gasteiger partial charge >= 0.3 is 0 Å². The number of rotatable bonds is 7. The zero-order chi connectivity index (χ0) is 15.9. The number of hydrogen-bond acceptors (Lipinski definition) is 3. The van der Waals surface area contributed by atoms with Gasteiger partial charge in [0.25, 0.3) is 0 Å². The van der Waals surface area contributed by atoms with E-state index < -0.39 is 0 Å². The van der Waals surface area contributed by atoms with Crippen LogP contribution in [0.3, 0.4) is 0 Å². The Labute approximate surface area is 132 Å². The van der Waals surface area contributed by atoms with Crippen LogP contribution < -0.4 is 14.2 Å². The molecule has 0 bridgehead atoms. The van der Waals surface area contributed by atoms with Crippen LogP contribution in [0.25, 0.3) is 0 Å². The Morgan fingerprint density at radius 2 is 1.32 bits per heavy atom. The first-order valence-electron chi connectivity index (χ1n) is 7.57. The molecule has 0 aromatic heterocycles. The van der Waals surface area contributed by atoms with Crippen LogP contribution in [0.4, 0.5) is 0 Å². The summed E-state index contributed by atoms with van der Waals surface area (Å²) >= 11 is 0. The van der Waals surface area contributed by atoms with Crippen LogP contribution in [-0.2, 0) is 0 Å². The first-order chi connectivity index (χ1) is 10.6. The Bertz CT molecular complexity index is 620. The second-order valence-electron chi connectivity index (χ2n) is 5.47. The van der Waals surface area contributed by atoms with Crippen molar-refractivity contribution in [2.75, 3.05) is 20.3 Å². The summed E-state index contributed by atoms with van der Waals surface area (Å²) in [4.78, 5) is 0. The van der Waals surface area contributed by atoms with Crippen molar-refractivity contribution in [2.24, 2.45) is 0 Å². The van der Waals surface area contributed by atoms with Crippen molar-refractivity contribution in [1.82, 2.24) is 0 Å². The van der Waals surface area contributed by atoms with Gasteiger partial charge in [0, 0.05) is 6.42 Å². The van der Waals surface area contributed by atoms with Gasteiger partial charge < -0.3 is 14.2 Å². The molecule has 118 valence electrons. The van der Waals surface area contributed by atoms with Gasteiger partial charge in [-0.05, 0) is 55.7 Å². The topological polar surface area (TPSA) is 27.7 Å². The van der Waals surface area contributed by atoms with Gasteiger partial charge in [0.2, 0.25) is 0 Å². The van der Waals surface area contributed by atoms with Crippen molar-refractivity contribution >= 4 is 0 Å². The molecule has 2 aromatic carbocycles. The minimum absolute atomic E-state index is 0.601. The summed E-state index contributed by atoms with van der Waals surface area (Å²) in [5, 5.41) is 0. The Balaban J connectivity index is 1.79. The highest BCUT2D eigenvalue weighted by Crippen LogP contribution is 2.27. The van der Waals surface area contributed by atoms with Crippen LogP contribution in [0, 0.1) is 20.8 Å². The van der Waals surface area contributed by atoms with E-state index in [9.17, 15) is 0 Å². The van der Waals surface area contributed by atoms with Crippen LogP contribution in [0.5, 0.6) is 17.2 Å². The minimum atomic E-state index is 0.601. The van der Waals surface area contributed by atoms with Gasteiger partial charge in [0.05, 0.1) is 20.3 Å². The number of methoxy groups -OCH3 is 1. The highest BCUT2D eigenvalue weighted by Gasteiger charge is 2.04. The van der Waals surface area contributed by atoms with Crippen molar-refractivity contribution in [3.8, 4) is 17.2 Å². The molecule has 3 heteroatoms. The number of aryl methyl sites for hydroxylation is 3. The van der Waals surface area contributed by atoms with E-state index in [0.29, 0.717) is 13.2 Å². The van der Waals surface area contributed by atoms with Gasteiger partial charge in [0.1, 0.15) is 5.75 Å². The predicted molar refractivity (Wildman–Crippen MR) is 89.3 cm³/mol. The lowest BCUT2D eigenvalue weighted by molar-refractivity contribution is 0.239. The molecule has 0 fully saturated rings. The molecule has 0 amide bonds. The van der Waals surface area contributed by atoms with E-state index in [1.807, 2.05) is 25.1 Å². The number of hydrogen-bond donors (Lipinski definition) is 0. The zero-order valence-corrected chi connectivity index (χ0v) is 13.8. The summed E-state index contributed by atoms with van der Waals surface area (Å²) in [7, 11) is 1.66. The summed E-state index contributed by atoms with van der Waals surface area (Å²) in [6.07, 6.45) is 0.824. The Hall–Kier alpha value is -2.16. The maximum absolute atomic E-state index is 5.82. The fourth-order valence-corrected chi connectivity index (χ4v) is 2.18. The van der Waals surface area contributed by atoms with Gasteiger partial charge in [0.15, 0.2) is 11.5 Å². The summed E-state index contributed by atoms with van der Waals surface area (Å²) in [5.74, 6) is 2.50. The van der Waals surface area contributed by atoms with Crippen LogP contribution in [0.1, 0.15) is 23.1 Å². The predicted octanol–water partition coefficient (Wildman–Crippen LogP) is 4.47. The monoisotopic (exact) mass is 300 g/mol. The number of benzene rings is 2. The van der Waals surface area contributed by atoms with E-state index >= 15 is 0 Å². The highest BCUT2D eigenvalue weighted by atomic mass is 16.5. The summed E-state index contributed by atoms with van der Waals surface area (Å²) in [6.45, 7) is 7.40. The van der Waals surface area contributed by atoms with E-state index in [0.717, 1.165) is 34.8 Å². The molecule has 0 radical (unpaired) electrons. The molecule has 3 nitrogen and oxygen atoms in total. The summed E-state index contributed by atoms with van der Waals surface area (Å²) in [6, 6.07) is 12.2. The van der Waals surface area contributed by atoms with Crippen LogP contribution in [0.2, 0.25) is 0 Å². The molecule has 0 atom stereocenters. The molecule has 0 aliphatic carbocycles. The zero-order valence-electron chi connectivity index (χ0n) is 13.8. The molecule has 0 unspecified atom stereocenters. The Kier molecular flexibility index (Phi) is 5.70. The molecule has 0 heterocycles. The largest absolute Gasteiger partial charge is 0.493 e. The molecule has 0 N–H and O–H groups in total. The molecule has 0 aliphatic rings. The van der Waals surface area contributed by atoms with Crippen molar-refractivity contribution in [1.29, 1.82) is 0 Å². The standard InChI is InChI=1S/C19H24O3/c1-14-6-8-16(3)18(12-14)22-11-5-10-21-17-9-7-15(2)13-19(17)20-4/h6-9,12-13H,5,10-11H2,1-4H3. The Morgan fingerprint density at radius 1 is 0.727 bits per heavy atom. The second kappa shape index (κ2) is 7.74. The van der Waals surface area contributed by atoms with E-state index in [2.05, 4.69) is 32.0 Å². The van der Waals surface area contributed by atoms with Crippen molar-refractivity contribution < 1.29 is 14.2 Å². The maximum atomic E-state index is 5.82. The second-order valence-corrected chi connectivity index (χ2v) is 5.47. The van der Waals surface area contributed by atoms with Crippen molar-refractivity contribution in [2.45, 2.75) is 27.2 Å². The molecule has 2 rings (SSSR count). The first kappa shape index (κ1) is 16.2. The minimum Gasteiger partial charge on any atom is -0.493 e. The third kappa shape index (κ3) is 4.42. The van der Waals surface area contributed by atoms with Gasteiger partial charge in [-0.15, -0.1) is 0 Å². The van der Waals surface area contributed by atoms with Crippen LogP contribution >= 0.6 is 0 Å². The Morgan fingerprint density at radius 3 is 2.00 bits per heavy atom. The average Bonchev–Trinajstić information content (AvgIpc) is 2.51. The molecule has 2 aromatic rings. The fourth-order valence-electron chi connectivity index (χ4n) is 2.18. The smallest absolute Gasteiger partial charge is 0.161 e. The van der Waals surface area contributed by atoms with E-state index in [4.69, 9.17) is 14.2 Å². The lowest BCUT2D eigenvalue weighted by atomic mass is 10.1. The summed E-state index contributed by atoms with van der Waals surface area (Å²) in [5.41, 5.74) is 3.52. The van der Waals surface area contributed by atoms with Gasteiger partial charge in [-0.3, -0.25) is 0 Å². The lowest BCUT2D eigenvalue weighted by Gasteiger charge is -2.12. The molecule has 0 spiro atoms. The molecular formula is C19H24O3. The van der Waals surface area contributed by atoms with Crippen molar-refractivity contribution in [3.05, 3.63) is 53.1 Å². The molecular weight excluding hydrogens is 276 g/mol. The van der Waals surface area contributed by atoms with E-state index in [1.165, 1.54) is 5.56 Å². The SMILES string of the molecule is COc1cc(C)ccc1OCCCOc1cc(C)ccc1C. The summed E-state index contributed by atoms with van der Waals surface area (Å²) < 4.78 is 16.9. The third-order valence-electron chi connectivity index (χ3n) is 3.47. The van der Waals surface area contributed by atoms with Gasteiger partial charge in [-0.25, -0.2) is 0 Å². The van der Waals surface area contributed by atoms with Crippen LogP contribution in [-0.4, -0.2) is 20.3 Å². The first-order valence-corrected chi connectivity index (χ1v) is 7.57. The van der Waals surface area contributed by atoms with Crippen molar-refractivity contribution in [3.63, 3.8) is 0 Å². The molecule has 0 aliphatic heterocycles. The van der Waals surface area contributed by atoms with E-state index in [-0.39, 0.29) is 0 Å². The number of ether oxygens (including phenoxy) is 3. The van der Waals surface area contributed by atoms with E-state index in [1.54, 1.807) is 7.11 Å². The third-order valence-corrected chi connectivity index (χ3v) is 3.47. The van der Waals surface area contributed by atoms with Gasteiger partial charge in [-0.1, -0.05) is 18.2 Å². The fraction of sp³-hybridized carbons (Fsp3) is 0.368. The quantitative estimate of drug-likeness (QED) is 0.706. The normalized spacial score (nSPS) is 10.4.